The first-order valence-corrected chi connectivity index (χ1v) is 3.43. The molecule has 2 heteroatoms. The van der Waals surface area contributed by atoms with Crippen LogP contribution < -0.4 is 5.73 Å². The van der Waals surface area contributed by atoms with Crippen molar-refractivity contribution in [3.63, 3.8) is 0 Å². The van der Waals surface area contributed by atoms with Crippen LogP contribution in [0.25, 0.3) is 0 Å². The first-order chi connectivity index (χ1) is 3.41. The Morgan fingerprint density at radius 3 is 2.86 bits per heavy atom. The lowest BCUT2D eigenvalue weighted by Gasteiger charge is -1.80. The fraction of sp³-hybridized carbons (Fsp3) is 0.600. The second kappa shape index (κ2) is 6.05. The van der Waals surface area contributed by atoms with E-state index in [-0.39, 0.29) is 0 Å². The zero-order valence-electron chi connectivity index (χ0n) is 4.55. The van der Waals surface area contributed by atoms with Gasteiger partial charge in [-0.2, -0.15) is 0 Å². The van der Waals surface area contributed by atoms with E-state index in [1.807, 2.05) is 11.5 Å². The number of hydrogen-bond acceptors (Lipinski definition) is 2. The predicted octanol–water partition coefficient (Wildman–Crippen LogP) is 1.21. The molecule has 0 unspecified atom stereocenters. The maximum atomic E-state index is 5.17. The SMILES string of the molecule is CCSC=CCN. The Balaban J connectivity index is 2.78. The third-order valence-corrected chi connectivity index (χ3v) is 1.21. The molecule has 1 nitrogen and oxygen atoms in total. The summed E-state index contributed by atoms with van der Waals surface area (Å²) in [5, 5.41) is 2.03. The topological polar surface area (TPSA) is 26.0 Å². The van der Waals surface area contributed by atoms with E-state index in [2.05, 4.69) is 6.92 Å². The van der Waals surface area contributed by atoms with Gasteiger partial charge < -0.3 is 5.73 Å². The van der Waals surface area contributed by atoms with Gasteiger partial charge in [0, 0.05) is 6.54 Å². The summed E-state index contributed by atoms with van der Waals surface area (Å²) in [7, 11) is 0. The Morgan fingerprint density at radius 1 is 1.71 bits per heavy atom. The molecule has 0 saturated carbocycles. The normalized spacial score (nSPS) is 10.6. The van der Waals surface area contributed by atoms with Crippen molar-refractivity contribution in [1.29, 1.82) is 0 Å². The molecule has 0 aromatic rings. The van der Waals surface area contributed by atoms with E-state index in [4.69, 9.17) is 5.73 Å². The molecule has 0 rings (SSSR count). The highest BCUT2D eigenvalue weighted by Crippen LogP contribution is 1.97. The van der Waals surface area contributed by atoms with Crippen LogP contribution in [0.4, 0.5) is 0 Å². The molecule has 0 atom stereocenters. The van der Waals surface area contributed by atoms with Crippen LogP contribution in [-0.4, -0.2) is 12.3 Å². The van der Waals surface area contributed by atoms with Gasteiger partial charge >= 0.3 is 0 Å². The summed E-state index contributed by atoms with van der Waals surface area (Å²) < 4.78 is 0. The molecule has 0 fully saturated rings. The number of nitrogens with two attached hydrogens (primary N) is 1. The van der Waals surface area contributed by atoms with E-state index >= 15 is 0 Å². The Morgan fingerprint density at radius 2 is 2.43 bits per heavy atom. The van der Waals surface area contributed by atoms with Gasteiger partial charge in [-0.05, 0) is 11.2 Å². The van der Waals surface area contributed by atoms with E-state index in [9.17, 15) is 0 Å². The Bertz CT molecular complexity index is 52.0. The number of rotatable bonds is 3. The monoisotopic (exact) mass is 117 g/mol. The van der Waals surface area contributed by atoms with Gasteiger partial charge in [-0.1, -0.05) is 13.0 Å². The molecule has 0 aromatic heterocycles. The zero-order valence-corrected chi connectivity index (χ0v) is 5.37. The Kier molecular flexibility index (Phi) is 6.09. The molecule has 42 valence electrons. The largest absolute Gasteiger partial charge is 0.327 e. The molecule has 0 aliphatic heterocycles. The van der Waals surface area contributed by atoms with Gasteiger partial charge in [0.05, 0.1) is 0 Å². The second-order valence-corrected chi connectivity index (χ2v) is 2.25. The van der Waals surface area contributed by atoms with Crippen LogP contribution >= 0.6 is 11.8 Å². The minimum atomic E-state index is 0.660. The van der Waals surface area contributed by atoms with Crippen LogP contribution in [0.2, 0.25) is 0 Å². The molecule has 0 aromatic carbocycles. The first-order valence-electron chi connectivity index (χ1n) is 2.38. The molecule has 0 radical (unpaired) electrons. The summed E-state index contributed by atoms with van der Waals surface area (Å²) >= 11 is 1.77. The molecule has 0 bridgehead atoms. The van der Waals surface area contributed by atoms with Crippen LogP contribution in [0, 0.1) is 0 Å². The van der Waals surface area contributed by atoms with Crippen molar-refractivity contribution in [2.75, 3.05) is 12.3 Å². The fourth-order valence-corrected chi connectivity index (χ4v) is 0.659. The molecular formula is C5H11NS. The zero-order chi connectivity index (χ0) is 5.54. The van der Waals surface area contributed by atoms with Gasteiger partial charge in [-0.3, -0.25) is 0 Å². The standard InChI is InChI=1S/C5H11NS/c1-2-7-5-3-4-6/h3,5H,2,4,6H2,1H3. The third-order valence-electron chi connectivity index (χ3n) is 0.495. The third kappa shape index (κ3) is 6.05. The maximum absolute atomic E-state index is 5.17. The van der Waals surface area contributed by atoms with Crippen LogP contribution in [0.15, 0.2) is 11.5 Å². The van der Waals surface area contributed by atoms with Crippen molar-refractivity contribution < 1.29 is 0 Å². The average Bonchev–Trinajstić information content (AvgIpc) is 1.69. The molecule has 7 heavy (non-hydrogen) atoms. The van der Waals surface area contributed by atoms with Crippen LogP contribution in [0.1, 0.15) is 6.92 Å². The van der Waals surface area contributed by atoms with Gasteiger partial charge in [0.25, 0.3) is 0 Å². The number of hydrogen-bond donors (Lipinski definition) is 1. The summed E-state index contributed by atoms with van der Waals surface area (Å²) in [6.45, 7) is 2.78. The quantitative estimate of drug-likeness (QED) is 0.601. The Hall–Kier alpha value is 0.0500. The van der Waals surface area contributed by atoms with Gasteiger partial charge in [-0.25, -0.2) is 0 Å². The molecule has 0 aliphatic carbocycles. The van der Waals surface area contributed by atoms with E-state index < -0.39 is 0 Å². The van der Waals surface area contributed by atoms with Crippen molar-refractivity contribution in [3.8, 4) is 0 Å². The van der Waals surface area contributed by atoms with Crippen molar-refractivity contribution >= 4 is 11.8 Å². The summed E-state index contributed by atoms with van der Waals surface area (Å²) in [6.07, 6.45) is 1.95. The lowest BCUT2D eigenvalue weighted by molar-refractivity contribution is 1.26. The van der Waals surface area contributed by atoms with Crippen molar-refractivity contribution in [2.45, 2.75) is 6.92 Å². The minimum absolute atomic E-state index is 0.660. The van der Waals surface area contributed by atoms with E-state index in [0.717, 1.165) is 5.75 Å². The average molecular weight is 117 g/mol. The van der Waals surface area contributed by atoms with Gasteiger partial charge in [0.2, 0.25) is 0 Å². The molecule has 0 saturated heterocycles. The molecular weight excluding hydrogens is 106 g/mol. The molecule has 0 spiro atoms. The summed E-state index contributed by atoms with van der Waals surface area (Å²) in [6, 6.07) is 0. The number of thioether (sulfide) groups is 1. The van der Waals surface area contributed by atoms with Crippen molar-refractivity contribution in [3.05, 3.63) is 11.5 Å². The Labute approximate surface area is 49.0 Å². The van der Waals surface area contributed by atoms with E-state index in [1.165, 1.54) is 0 Å². The van der Waals surface area contributed by atoms with Crippen molar-refractivity contribution in [1.82, 2.24) is 0 Å². The molecule has 0 heterocycles. The van der Waals surface area contributed by atoms with Crippen LogP contribution in [0.5, 0.6) is 0 Å². The van der Waals surface area contributed by atoms with Gasteiger partial charge in [-0.15, -0.1) is 11.8 Å². The van der Waals surface area contributed by atoms with E-state index in [1.54, 1.807) is 11.8 Å². The molecule has 2 N–H and O–H groups in total. The van der Waals surface area contributed by atoms with Crippen LogP contribution in [0.3, 0.4) is 0 Å². The summed E-state index contributed by atoms with van der Waals surface area (Å²) in [5.41, 5.74) is 5.17. The fourth-order valence-electron chi connectivity index (χ4n) is 0.220. The maximum Gasteiger partial charge on any atom is 0.0114 e. The second-order valence-electron chi connectivity index (χ2n) is 1.06. The molecule has 0 aliphatic rings. The lowest BCUT2D eigenvalue weighted by Crippen LogP contribution is -1.91. The highest BCUT2D eigenvalue weighted by atomic mass is 32.2. The highest BCUT2D eigenvalue weighted by molar-refractivity contribution is 8.02. The van der Waals surface area contributed by atoms with E-state index in [0.29, 0.717) is 6.54 Å². The van der Waals surface area contributed by atoms with Gasteiger partial charge in [0.1, 0.15) is 0 Å². The van der Waals surface area contributed by atoms with Crippen LogP contribution in [-0.2, 0) is 0 Å². The molecule has 0 amide bonds. The predicted molar refractivity (Wildman–Crippen MR) is 36.3 cm³/mol. The first kappa shape index (κ1) is 7.05. The smallest absolute Gasteiger partial charge is 0.0114 e. The van der Waals surface area contributed by atoms with Gasteiger partial charge in [0.15, 0.2) is 0 Å². The van der Waals surface area contributed by atoms with Crippen molar-refractivity contribution in [2.24, 2.45) is 5.73 Å². The summed E-state index contributed by atoms with van der Waals surface area (Å²) in [5.74, 6) is 1.14. The minimum Gasteiger partial charge on any atom is -0.327 e. The highest BCUT2D eigenvalue weighted by Gasteiger charge is 1.67. The lowest BCUT2D eigenvalue weighted by atomic mass is 10.7. The summed E-state index contributed by atoms with van der Waals surface area (Å²) in [4.78, 5) is 0.